The fraction of sp³-hybridized carbons (Fsp3) is 0.286. The van der Waals surface area contributed by atoms with Crippen molar-refractivity contribution in [3.05, 3.63) is 87.9 Å². The number of benzene rings is 3. The molecule has 0 aliphatic carbocycles. The van der Waals surface area contributed by atoms with Crippen molar-refractivity contribution in [2.75, 3.05) is 5.32 Å². The Morgan fingerprint density at radius 3 is 1.97 bits per heavy atom. The molecule has 0 amide bonds. The number of nitrogens with one attached hydrogen (secondary N) is 1. The van der Waals surface area contributed by atoms with E-state index in [9.17, 15) is 4.39 Å². The first kappa shape index (κ1) is 27.9. The average molecular weight is 549 g/mol. The SMILES string of the molecule is Cc1oc2c(C)c(C)c(NCc3ccc(F)cc3)c(C)c2c1-c1ccc(C(C)C)cc1.[Cl][Al]([Cl])[Cl]. The van der Waals surface area contributed by atoms with Crippen molar-refractivity contribution < 1.29 is 8.81 Å². The van der Waals surface area contributed by atoms with Crippen molar-refractivity contribution >= 4 is 58.2 Å². The Bertz CT molecular complexity index is 1300. The molecule has 0 spiro atoms. The zero-order valence-corrected chi connectivity index (χ0v) is 24.3. The summed E-state index contributed by atoms with van der Waals surface area (Å²) < 4.78 is 19.5. The minimum absolute atomic E-state index is 0.213. The van der Waals surface area contributed by atoms with Crippen LogP contribution in [0.2, 0.25) is 0 Å². The summed E-state index contributed by atoms with van der Waals surface area (Å²) in [5.41, 5.74) is 10.3. The van der Waals surface area contributed by atoms with Crippen LogP contribution in [0.25, 0.3) is 22.1 Å². The summed E-state index contributed by atoms with van der Waals surface area (Å²) in [5, 5.41) is 4.76. The lowest BCUT2D eigenvalue weighted by atomic mass is 9.92. The van der Waals surface area contributed by atoms with Crippen LogP contribution in [0.1, 0.15) is 53.3 Å². The second-order valence-electron chi connectivity index (χ2n) is 8.99. The van der Waals surface area contributed by atoms with E-state index in [1.165, 1.54) is 39.8 Å². The van der Waals surface area contributed by atoms with E-state index in [0.717, 1.165) is 33.7 Å². The molecule has 35 heavy (non-hydrogen) atoms. The summed E-state index contributed by atoms with van der Waals surface area (Å²) in [6, 6.07) is 15.5. The molecule has 0 saturated heterocycles. The van der Waals surface area contributed by atoms with Gasteiger partial charge >= 0.3 is 11.4 Å². The third kappa shape index (κ3) is 6.56. The van der Waals surface area contributed by atoms with Gasteiger partial charge in [-0.25, -0.2) is 34.5 Å². The van der Waals surface area contributed by atoms with Crippen LogP contribution in [-0.4, -0.2) is 11.4 Å². The highest BCUT2D eigenvalue weighted by Crippen LogP contribution is 2.42. The predicted molar refractivity (Wildman–Crippen MR) is 152 cm³/mol. The molecular formula is C28H30AlCl3FNO. The van der Waals surface area contributed by atoms with Gasteiger partial charge < -0.3 is 9.73 Å². The largest absolute Gasteiger partial charge is 0.643 e. The molecule has 0 aliphatic heterocycles. The van der Waals surface area contributed by atoms with E-state index in [1.807, 2.05) is 19.1 Å². The number of furan rings is 1. The third-order valence-corrected chi connectivity index (χ3v) is 6.36. The molecule has 7 heteroatoms. The average Bonchev–Trinajstić information content (AvgIpc) is 3.16. The minimum Gasteiger partial charge on any atom is -0.460 e. The van der Waals surface area contributed by atoms with E-state index in [4.69, 9.17) is 34.6 Å². The molecule has 0 fully saturated rings. The molecule has 2 nitrogen and oxygen atoms in total. The van der Waals surface area contributed by atoms with E-state index in [-0.39, 0.29) is 5.82 Å². The van der Waals surface area contributed by atoms with Crippen molar-refractivity contribution in [3.8, 4) is 11.1 Å². The number of hydrogen-bond acceptors (Lipinski definition) is 2. The second-order valence-corrected chi connectivity index (χ2v) is 15.4. The number of hydrogen-bond donors (Lipinski definition) is 1. The lowest BCUT2D eigenvalue weighted by Gasteiger charge is -2.17. The predicted octanol–water partition coefficient (Wildman–Crippen LogP) is 9.90. The van der Waals surface area contributed by atoms with Gasteiger partial charge in [0.1, 0.15) is 17.2 Å². The standard InChI is InChI=1S/C28H30FNO.Al.3ClH/c1-16(2)22-9-11-23(12-10-22)26-20(6)31-28-18(4)17(3)27(19(5)25(26)28)30-15-21-7-13-24(29)14-8-21;;;;/h7-14,16,30H,15H2,1-6H3;;3*1H/q;+3;;;/p-3. The first-order valence-electron chi connectivity index (χ1n) is 11.5. The Kier molecular flexibility index (Phi) is 9.61. The minimum atomic E-state index is -1.72. The first-order chi connectivity index (χ1) is 16.5. The zero-order valence-electron chi connectivity index (χ0n) is 20.9. The first-order valence-corrected chi connectivity index (χ1v) is 16.8. The smallest absolute Gasteiger partial charge is 0.460 e. The highest BCUT2D eigenvalue weighted by atomic mass is 35.8. The van der Waals surface area contributed by atoms with E-state index in [2.05, 4.69) is 64.2 Å². The van der Waals surface area contributed by atoms with E-state index < -0.39 is 11.4 Å². The Morgan fingerprint density at radius 1 is 0.857 bits per heavy atom. The Morgan fingerprint density at radius 2 is 1.43 bits per heavy atom. The highest BCUT2D eigenvalue weighted by Gasteiger charge is 2.21. The monoisotopic (exact) mass is 547 g/mol. The van der Waals surface area contributed by atoms with Gasteiger partial charge in [0.2, 0.25) is 0 Å². The number of halogens is 4. The summed E-state index contributed by atoms with van der Waals surface area (Å²) in [6.45, 7) is 13.5. The molecule has 0 saturated carbocycles. The molecule has 184 valence electrons. The van der Waals surface area contributed by atoms with Crippen LogP contribution in [-0.2, 0) is 6.54 Å². The lowest BCUT2D eigenvalue weighted by molar-refractivity contribution is 0.577. The van der Waals surface area contributed by atoms with Gasteiger partial charge in [-0.05, 0) is 79.1 Å². The van der Waals surface area contributed by atoms with Crippen LogP contribution in [0.5, 0.6) is 0 Å². The summed E-state index contributed by atoms with van der Waals surface area (Å²) in [4.78, 5) is 0. The maximum atomic E-state index is 13.3. The molecule has 1 heterocycles. The fourth-order valence-corrected chi connectivity index (χ4v) is 4.37. The fourth-order valence-electron chi connectivity index (χ4n) is 4.37. The lowest BCUT2D eigenvalue weighted by Crippen LogP contribution is -2.05. The van der Waals surface area contributed by atoms with Crippen molar-refractivity contribution in [1.29, 1.82) is 0 Å². The molecule has 0 atom stereocenters. The quantitative estimate of drug-likeness (QED) is 0.251. The van der Waals surface area contributed by atoms with Crippen LogP contribution in [0.4, 0.5) is 10.1 Å². The Hall–Kier alpha value is -1.67. The van der Waals surface area contributed by atoms with Crippen LogP contribution in [0, 0.1) is 33.5 Å². The molecule has 0 bridgehead atoms. The van der Waals surface area contributed by atoms with Crippen LogP contribution in [0.3, 0.4) is 0 Å². The number of anilines is 1. The molecule has 1 N–H and O–H groups in total. The number of aryl methyl sites for hydroxylation is 3. The zero-order chi connectivity index (χ0) is 25.9. The summed E-state index contributed by atoms with van der Waals surface area (Å²) in [6.07, 6.45) is 0. The third-order valence-electron chi connectivity index (χ3n) is 6.36. The van der Waals surface area contributed by atoms with Gasteiger partial charge in [0.25, 0.3) is 0 Å². The highest BCUT2D eigenvalue weighted by molar-refractivity contribution is 7.54. The van der Waals surface area contributed by atoms with Crippen molar-refractivity contribution in [2.45, 2.75) is 54.0 Å². The van der Waals surface area contributed by atoms with Crippen molar-refractivity contribution in [2.24, 2.45) is 0 Å². The Labute approximate surface area is 224 Å². The van der Waals surface area contributed by atoms with Gasteiger partial charge in [0, 0.05) is 23.2 Å². The number of fused-ring (bicyclic) bond motifs is 1. The van der Waals surface area contributed by atoms with Gasteiger partial charge in [0.15, 0.2) is 0 Å². The van der Waals surface area contributed by atoms with Crippen molar-refractivity contribution in [1.82, 2.24) is 0 Å². The van der Waals surface area contributed by atoms with Gasteiger partial charge in [0.05, 0.1) is 0 Å². The van der Waals surface area contributed by atoms with Gasteiger partial charge in [-0.1, -0.05) is 50.2 Å². The van der Waals surface area contributed by atoms with Crippen molar-refractivity contribution in [3.63, 3.8) is 0 Å². The van der Waals surface area contributed by atoms with E-state index >= 15 is 0 Å². The van der Waals surface area contributed by atoms with E-state index in [0.29, 0.717) is 12.5 Å². The summed E-state index contributed by atoms with van der Waals surface area (Å²) >= 11 is -1.72. The molecule has 4 rings (SSSR count). The Balaban J connectivity index is 0.000000795. The number of rotatable bonds is 5. The normalized spacial score (nSPS) is 10.9. The van der Waals surface area contributed by atoms with Gasteiger partial charge in [-0.15, -0.1) is 0 Å². The summed E-state index contributed by atoms with van der Waals surface area (Å²) in [5.74, 6) is 1.23. The van der Waals surface area contributed by atoms with Crippen LogP contribution in [0.15, 0.2) is 52.9 Å². The summed E-state index contributed by atoms with van der Waals surface area (Å²) in [7, 11) is 14.8. The maximum Gasteiger partial charge on any atom is 0.643 e. The molecule has 1 aromatic heterocycles. The maximum absolute atomic E-state index is 13.3. The molecule has 3 aromatic carbocycles. The topological polar surface area (TPSA) is 25.2 Å². The molecule has 0 aliphatic rings. The van der Waals surface area contributed by atoms with Gasteiger partial charge in [-0.2, -0.15) is 0 Å². The van der Waals surface area contributed by atoms with E-state index in [1.54, 1.807) is 0 Å². The van der Waals surface area contributed by atoms with Gasteiger partial charge in [-0.3, -0.25) is 0 Å². The molecular weight excluding hydrogens is 519 g/mol. The van der Waals surface area contributed by atoms with Crippen LogP contribution < -0.4 is 5.32 Å². The molecule has 0 radical (unpaired) electrons. The van der Waals surface area contributed by atoms with Crippen LogP contribution >= 0.6 is 30.1 Å². The molecule has 4 aromatic rings. The molecule has 0 unspecified atom stereocenters. The second kappa shape index (κ2) is 12.0.